The molecule has 0 aliphatic carbocycles. The fraction of sp³-hybridized carbons (Fsp3) is 0.387. The summed E-state index contributed by atoms with van der Waals surface area (Å²) in [5.74, 6) is 2.01. The van der Waals surface area contributed by atoms with Gasteiger partial charge in [0.1, 0.15) is 28.7 Å². The van der Waals surface area contributed by atoms with Gasteiger partial charge in [0.05, 0.1) is 24.4 Å². The summed E-state index contributed by atoms with van der Waals surface area (Å²) in [4.78, 5) is 18.3. The van der Waals surface area contributed by atoms with Gasteiger partial charge in [0.2, 0.25) is 5.88 Å². The van der Waals surface area contributed by atoms with E-state index in [4.69, 9.17) is 14.8 Å². The van der Waals surface area contributed by atoms with Crippen LogP contribution >= 0.6 is 0 Å². The van der Waals surface area contributed by atoms with Crippen LogP contribution in [0.1, 0.15) is 33.2 Å². The van der Waals surface area contributed by atoms with Gasteiger partial charge in [-0.3, -0.25) is 4.68 Å². The normalized spacial score (nSPS) is 14.8. The Morgan fingerprint density at radius 2 is 1.91 bits per heavy atom. The molecule has 11 nitrogen and oxygen atoms in total. The Morgan fingerprint density at radius 3 is 2.72 bits per heavy atom. The number of nitrogens with zero attached hydrogens (tertiary/aromatic N) is 9. The van der Waals surface area contributed by atoms with E-state index in [-0.39, 0.29) is 11.9 Å². The van der Waals surface area contributed by atoms with E-state index in [1.807, 2.05) is 30.9 Å². The van der Waals surface area contributed by atoms with Crippen molar-refractivity contribution in [3.8, 4) is 28.5 Å². The minimum Gasteiger partial charge on any atom is -0.477 e. The van der Waals surface area contributed by atoms with Crippen molar-refractivity contribution in [2.75, 3.05) is 50.1 Å². The Balaban J connectivity index is 1.40. The third-order valence-electron chi connectivity index (χ3n) is 8.06. The minimum absolute atomic E-state index is 0.0232. The van der Waals surface area contributed by atoms with Crippen molar-refractivity contribution in [1.29, 1.82) is 0 Å². The lowest BCUT2D eigenvalue weighted by Gasteiger charge is -2.25. The molecule has 1 atom stereocenters. The van der Waals surface area contributed by atoms with Crippen molar-refractivity contribution in [3.05, 3.63) is 54.7 Å². The molecule has 1 N–H and O–H groups in total. The van der Waals surface area contributed by atoms with Gasteiger partial charge in [-0.1, -0.05) is 13.8 Å². The van der Waals surface area contributed by atoms with Crippen molar-refractivity contribution in [2.45, 2.75) is 33.2 Å². The number of nitrogens with one attached hydrogen (secondary N) is 1. The molecule has 0 radical (unpaired) electrons. The molecule has 0 saturated carbocycles. The van der Waals surface area contributed by atoms with E-state index in [2.05, 4.69) is 51.0 Å². The van der Waals surface area contributed by atoms with Gasteiger partial charge in [0.25, 0.3) is 0 Å². The number of hydrogen-bond donors (Lipinski definition) is 1. The highest BCUT2D eigenvalue weighted by Gasteiger charge is 2.21. The van der Waals surface area contributed by atoms with Gasteiger partial charge in [0, 0.05) is 68.7 Å². The second-order valence-corrected chi connectivity index (χ2v) is 10.9. The summed E-state index contributed by atoms with van der Waals surface area (Å²) >= 11 is 0. The van der Waals surface area contributed by atoms with Crippen LogP contribution in [0.4, 0.5) is 21.7 Å². The summed E-state index contributed by atoms with van der Waals surface area (Å²) in [6.45, 7) is 10.5. The number of benzene rings is 1. The summed E-state index contributed by atoms with van der Waals surface area (Å²) < 4.78 is 25.0. The number of halogens is 1. The Bertz CT molecular complexity index is 1740. The zero-order valence-electron chi connectivity index (χ0n) is 25.2. The number of aromatic nitrogens is 7. The number of anilines is 3. The minimum atomic E-state index is -0.303. The molecule has 6 rings (SSSR count). The Morgan fingerprint density at radius 1 is 1.07 bits per heavy atom. The van der Waals surface area contributed by atoms with Gasteiger partial charge in [0.15, 0.2) is 5.82 Å². The van der Waals surface area contributed by atoms with Gasteiger partial charge in [-0.05, 0) is 44.3 Å². The van der Waals surface area contributed by atoms with Crippen LogP contribution in [0.3, 0.4) is 0 Å². The van der Waals surface area contributed by atoms with Crippen molar-refractivity contribution >= 4 is 28.2 Å². The second kappa shape index (κ2) is 12.0. The highest BCUT2D eigenvalue weighted by Crippen LogP contribution is 2.35. The fourth-order valence-corrected chi connectivity index (χ4v) is 5.43. The first-order chi connectivity index (χ1) is 20.8. The molecule has 43 heavy (non-hydrogen) atoms. The molecular formula is C31H37FN10O. The van der Waals surface area contributed by atoms with Crippen molar-refractivity contribution in [2.24, 2.45) is 7.05 Å². The lowest BCUT2D eigenvalue weighted by Crippen LogP contribution is -2.33. The van der Waals surface area contributed by atoms with Crippen molar-refractivity contribution < 1.29 is 9.13 Å². The topological polar surface area (TPSA) is 102 Å². The maximum absolute atomic E-state index is 15.1. The van der Waals surface area contributed by atoms with E-state index in [0.717, 1.165) is 42.8 Å². The van der Waals surface area contributed by atoms with E-state index in [1.165, 1.54) is 0 Å². The maximum Gasteiger partial charge on any atom is 0.222 e. The average molecular weight is 585 g/mol. The first-order valence-corrected chi connectivity index (χ1v) is 14.7. The smallest absolute Gasteiger partial charge is 0.222 e. The Kier molecular flexibility index (Phi) is 7.94. The molecule has 12 heteroatoms. The highest BCUT2D eigenvalue weighted by molar-refractivity contribution is 5.94. The van der Waals surface area contributed by atoms with Gasteiger partial charge in [-0.2, -0.15) is 10.2 Å². The molecule has 4 bridgehead atoms. The Labute approximate surface area is 250 Å². The van der Waals surface area contributed by atoms with E-state index >= 15 is 4.39 Å². The molecule has 5 heterocycles. The lowest BCUT2D eigenvalue weighted by molar-refractivity contribution is 0.260. The zero-order valence-corrected chi connectivity index (χ0v) is 25.2. The molecule has 0 spiro atoms. The fourth-order valence-electron chi connectivity index (χ4n) is 5.43. The molecule has 1 aromatic carbocycles. The van der Waals surface area contributed by atoms with Crippen LogP contribution in [0.2, 0.25) is 0 Å². The van der Waals surface area contributed by atoms with Gasteiger partial charge in [-0.25, -0.2) is 24.0 Å². The summed E-state index contributed by atoms with van der Waals surface area (Å²) in [5.41, 5.74) is 3.79. The van der Waals surface area contributed by atoms with E-state index in [0.29, 0.717) is 53.2 Å². The molecule has 0 saturated heterocycles. The SMILES string of the molecule is CCN(CC)CCN(C)c1cc(F)cc(-c2nn3c4cc(ncc24)Nc2ccnc(n2)-c2cnn(C)c2OCC[C@@H]3C)c1. The largest absolute Gasteiger partial charge is 0.477 e. The standard InChI is InChI=1S/C31H37FN10O/c1-6-41(7-2)12-11-39(4)23-15-21(14-22(32)16-23)29-24-18-34-28-17-26(24)42(38-29)20(3)9-13-43-31-25(19-35-40(31)5)30-33-10-8-27(36-28)37-30/h8,10,14-20H,6-7,9,11-13H2,1-5H3,(H,33,34,36,37)/t20-/m0/s1. The van der Waals surface area contributed by atoms with Crippen molar-refractivity contribution in [1.82, 2.24) is 39.4 Å². The molecule has 0 unspecified atom stereocenters. The van der Waals surface area contributed by atoms with Crippen LogP contribution < -0.4 is 15.0 Å². The Hall–Kier alpha value is -4.58. The third kappa shape index (κ3) is 5.74. The number of ether oxygens (including phenoxy) is 1. The number of hydrogen-bond acceptors (Lipinski definition) is 9. The lowest BCUT2D eigenvalue weighted by atomic mass is 10.1. The first-order valence-electron chi connectivity index (χ1n) is 14.7. The maximum atomic E-state index is 15.1. The van der Waals surface area contributed by atoms with Crippen LogP contribution in [0.15, 0.2) is 48.9 Å². The van der Waals surface area contributed by atoms with Crippen LogP contribution in [-0.4, -0.2) is 79.2 Å². The van der Waals surface area contributed by atoms with Crippen LogP contribution in [0, 0.1) is 5.82 Å². The quantitative estimate of drug-likeness (QED) is 0.273. The second-order valence-electron chi connectivity index (χ2n) is 10.9. The monoisotopic (exact) mass is 584 g/mol. The number of pyridine rings is 1. The first kappa shape index (κ1) is 28.5. The van der Waals surface area contributed by atoms with Crippen LogP contribution in [0.5, 0.6) is 5.88 Å². The number of fused-ring (bicyclic) bond motifs is 5. The van der Waals surface area contributed by atoms with Gasteiger partial charge >= 0.3 is 0 Å². The molecular weight excluding hydrogens is 547 g/mol. The van der Waals surface area contributed by atoms with E-state index in [1.54, 1.807) is 41.5 Å². The number of likely N-dealkylation sites (N-methyl/N-ethyl adjacent to an activating group) is 2. The summed E-state index contributed by atoms with van der Waals surface area (Å²) in [5, 5.41) is 13.6. The van der Waals surface area contributed by atoms with E-state index < -0.39 is 0 Å². The van der Waals surface area contributed by atoms with Crippen LogP contribution in [0.25, 0.3) is 33.5 Å². The van der Waals surface area contributed by atoms with E-state index in [9.17, 15) is 0 Å². The zero-order chi connectivity index (χ0) is 30.1. The highest BCUT2D eigenvalue weighted by atomic mass is 19.1. The van der Waals surface area contributed by atoms with Crippen molar-refractivity contribution in [3.63, 3.8) is 0 Å². The molecule has 224 valence electrons. The van der Waals surface area contributed by atoms with Gasteiger partial charge in [-0.15, -0.1) is 0 Å². The van der Waals surface area contributed by atoms with Gasteiger partial charge < -0.3 is 19.9 Å². The molecule has 1 aliphatic rings. The predicted octanol–water partition coefficient (Wildman–Crippen LogP) is 5.29. The van der Waals surface area contributed by atoms with Crippen LogP contribution in [-0.2, 0) is 7.05 Å². The molecule has 0 fully saturated rings. The average Bonchev–Trinajstić information content (AvgIpc) is 3.57. The third-order valence-corrected chi connectivity index (χ3v) is 8.06. The predicted molar refractivity (Wildman–Crippen MR) is 166 cm³/mol. The number of aryl methyl sites for hydroxylation is 1. The molecule has 5 aromatic rings. The molecule has 1 aliphatic heterocycles. The number of rotatable bonds is 7. The summed E-state index contributed by atoms with van der Waals surface area (Å²) in [6.07, 6.45) is 5.87. The summed E-state index contributed by atoms with van der Waals surface area (Å²) in [6, 6.07) is 8.85. The molecule has 0 amide bonds. The molecule has 4 aromatic heterocycles. The summed E-state index contributed by atoms with van der Waals surface area (Å²) in [7, 11) is 3.83.